The topological polar surface area (TPSA) is 65.5 Å². The van der Waals surface area contributed by atoms with Gasteiger partial charge in [-0.25, -0.2) is 0 Å². The van der Waals surface area contributed by atoms with Crippen LogP contribution in [0.2, 0.25) is 5.02 Å². The van der Waals surface area contributed by atoms with Crippen molar-refractivity contribution in [2.24, 2.45) is 11.3 Å². The number of likely N-dealkylation sites (tertiary alicyclic amines) is 2. The van der Waals surface area contributed by atoms with Crippen molar-refractivity contribution in [3.05, 3.63) is 64.9 Å². The van der Waals surface area contributed by atoms with E-state index in [1.54, 1.807) is 6.20 Å². The Hall–Kier alpha value is -1.86. The van der Waals surface area contributed by atoms with E-state index in [0.717, 1.165) is 88.7 Å². The summed E-state index contributed by atoms with van der Waals surface area (Å²) >= 11 is 6.31. The van der Waals surface area contributed by atoms with E-state index < -0.39 is 0 Å². The molecule has 2 amide bonds. The number of nitrogens with zero attached hydrogens (tertiary/aromatic N) is 3. The average Bonchev–Trinajstić information content (AvgIpc) is 3.22. The number of pyridine rings is 1. The van der Waals surface area contributed by atoms with Crippen LogP contribution in [0.1, 0.15) is 75.0 Å². The Kier molecular flexibility index (Phi) is 11.9. The van der Waals surface area contributed by atoms with E-state index in [-0.39, 0.29) is 48.1 Å². The average molecular weight is 596 g/mol. The summed E-state index contributed by atoms with van der Waals surface area (Å²) in [5.41, 5.74) is 1.95. The molecule has 5 rings (SSSR count). The number of rotatable bonds is 8. The van der Waals surface area contributed by atoms with E-state index in [4.69, 9.17) is 11.6 Å². The highest BCUT2D eigenvalue weighted by Crippen LogP contribution is 2.42. The molecule has 2 aliphatic heterocycles. The molecule has 2 aromatic rings. The molecule has 1 N–H and O–H groups in total. The maximum Gasteiger partial charge on any atom is 0.229 e. The van der Waals surface area contributed by atoms with E-state index in [0.29, 0.717) is 17.5 Å². The molecule has 3 aliphatic rings. The monoisotopic (exact) mass is 594 g/mol. The summed E-state index contributed by atoms with van der Waals surface area (Å²) in [5, 5.41) is 4.06. The van der Waals surface area contributed by atoms with E-state index in [2.05, 4.69) is 21.3 Å². The number of amides is 2. The van der Waals surface area contributed by atoms with Gasteiger partial charge in [0.25, 0.3) is 0 Å². The second-order valence-corrected chi connectivity index (χ2v) is 11.6. The molecule has 1 spiro atoms. The van der Waals surface area contributed by atoms with Crippen molar-refractivity contribution in [1.29, 1.82) is 0 Å². The predicted molar refractivity (Wildman–Crippen MR) is 160 cm³/mol. The van der Waals surface area contributed by atoms with Crippen LogP contribution in [0, 0.1) is 11.3 Å². The van der Waals surface area contributed by atoms with Crippen molar-refractivity contribution >= 4 is 48.2 Å². The summed E-state index contributed by atoms with van der Waals surface area (Å²) in [6.07, 6.45) is 12.7. The van der Waals surface area contributed by atoms with Gasteiger partial charge in [0, 0.05) is 43.0 Å². The summed E-state index contributed by atoms with van der Waals surface area (Å²) < 4.78 is 0. The van der Waals surface area contributed by atoms with Gasteiger partial charge >= 0.3 is 0 Å². The normalized spacial score (nSPS) is 20.2. The number of halogens is 3. The Bertz CT molecular complexity index is 1070. The lowest BCUT2D eigenvalue weighted by molar-refractivity contribution is -0.139. The first-order valence-corrected chi connectivity index (χ1v) is 14.4. The summed E-state index contributed by atoms with van der Waals surface area (Å²) in [6.45, 7) is 4.22. The van der Waals surface area contributed by atoms with Crippen LogP contribution in [0.15, 0.2) is 48.8 Å². The molecule has 1 unspecified atom stereocenters. The third kappa shape index (κ3) is 7.87. The van der Waals surface area contributed by atoms with Crippen LogP contribution < -0.4 is 5.32 Å². The van der Waals surface area contributed by atoms with Gasteiger partial charge in [0.15, 0.2) is 0 Å². The standard InChI is InChI=1S/C30H39ClN4O2.2ClH/c31-26-10-4-9-25(20-26)27(33-28(36)24-7-2-1-3-8-24)11-16-34-17-12-30(13-18-34)14-19-35(29(30)37)22-23-6-5-15-32-21-23;;/h4-6,9-10,15,20-21,24,27H,1-3,7-8,11-14,16-19,22H2,(H,33,36);2*1H. The number of carbonyl (C=O) groups excluding carboxylic acids is 2. The van der Waals surface area contributed by atoms with Gasteiger partial charge in [-0.15, -0.1) is 24.8 Å². The first kappa shape index (κ1) is 31.7. The summed E-state index contributed by atoms with van der Waals surface area (Å²) in [5.74, 6) is 0.633. The maximum atomic E-state index is 13.4. The Balaban J connectivity index is 0.00000210. The molecule has 3 heterocycles. The highest BCUT2D eigenvalue weighted by atomic mass is 35.5. The van der Waals surface area contributed by atoms with Crippen molar-refractivity contribution in [1.82, 2.24) is 20.1 Å². The molecular formula is C30H41Cl3N4O2. The number of benzene rings is 1. The van der Waals surface area contributed by atoms with E-state index in [9.17, 15) is 9.59 Å². The van der Waals surface area contributed by atoms with Gasteiger partial charge in [0.05, 0.1) is 11.5 Å². The zero-order valence-corrected chi connectivity index (χ0v) is 24.9. The van der Waals surface area contributed by atoms with Crippen molar-refractivity contribution in [2.45, 2.75) is 70.4 Å². The third-order valence-corrected chi connectivity index (χ3v) is 9.02. The molecular weight excluding hydrogens is 555 g/mol. The third-order valence-electron chi connectivity index (χ3n) is 8.79. The van der Waals surface area contributed by atoms with Crippen LogP contribution in [0.3, 0.4) is 0 Å². The molecule has 1 atom stereocenters. The minimum Gasteiger partial charge on any atom is -0.349 e. The summed E-state index contributed by atoms with van der Waals surface area (Å²) in [7, 11) is 0. The molecule has 1 aromatic heterocycles. The fourth-order valence-electron chi connectivity index (χ4n) is 6.44. The Morgan fingerprint density at radius 2 is 1.79 bits per heavy atom. The second kappa shape index (κ2) is 14.7. The number of carbonyl (C=O) groups is 2. The van der Waals surface area contributed by atoms with Crippen LogP contribution in [0.25, 0.3) is 0 Å². The largest absolute Gasteiger partial charge is 0.349 e. The molecule has 6 nitrogen and oxygen atoms in total. The number of aromatic nitrogens is 1. The molecule has 1 aliphatic carbocycles. The molecule has 214 valence electrons. The number of nitrogens with one attached hydrogen (secondary N) is 1. The summed E-state index contributed by atoms with van der Waals surface area (Å²) in [4.78, 5) is 35.1. The van der Waals surface area contributed by atoms with Crippen LogP contribution in [-0.2, 0) is 16.1 Å². The molecule has 9 heteroatoms. The summed E-state index contributed by atoms with van der Waals surface area (Å²) in [6, 6.07) is 11.8. The first-order valence-electron chi connectivity index (χ1n) is 14.0. The van der Waals surface area contributed by atoms with E-state index >= 15 is 0 Å². The molecule has 1 saturated carbocycles. The quantitative estimate of drug-likeness (QED) is 0.393. The fraction of sp³-hybridized carbons (Fsp3) is 0.567. The van der Waals surface area contributed by atoms with Gasteiger partial charge in [0.2, 0.25) is 11.8 Å². The van der Waals surface area contributed by atoms with E-state index in [1.807, 2.05) is 41.4 Å². The smallest absolute Gasteiger partial charge is 0.229 e. The maximum absolute atomic E-state index is 13.4. The zero-order chi connectivity index (χ0) is 25.7. The van der Waals surface area contributed by atoms with Crippen LogP contribution in [0.5, 0.6) is 0 Å². The minimum absolute atomic E-state index is 0. The van der Waals surface area contributed by atoms with E-state index in [1.165, 1.54) is 6.42 Å². The first-order chi connectivity index (χ1) is 18.0. The second-order valence-electron chi connectivity index (χ2n) is 11.2. The Morgan fingerprint density at radius 3 is 2.49 bits per heavy atom. The van der Waals surface area contributed by atoms with Gasteiger partial charge in [-0.1, -0.05) is 49.1 Å². The number of piperidine rings is 1. The molecule has 2 saturated heterocycles. The minimum atomic E-state index is -0.208. The van der Waals surface area contributed by atoms with Crippen LogP contribution in [0.4, 0.5) is 0 Å². The molecule has 39 heavy (non-hydrogen) atoms. The highest BCUT2D eigenvalue weighted by Gasteiger charge is 2.47. The molecule has 0 radical (unpaired) electrons. The fourth-order valence-corrected chi connectivity index (χ4v) is 6.63. The Morgan fingerprint density at radius 1 is 1.05 bits per heavy atom. The van der Waals surface area contributed by atoms with Crippen molar-refractivity contribution in [2.75, 3.05) is 26.2 Å². The van der Waals surface area contributed by atoms with Crippen molar-refractivity contribution in [3.8, 4) is 0 Å². The Labute approximate surface area is 250 Å². The SMILES string of the molecule is Cl.Cl.O=C(NC(CCN1CCC2(CC1)CCN(Cc1cccnc1)C2=O)c1cccc(Cl)c1)C1CCCCC1. The van der Waals surface area contributed by atoms with Crippen molar-refractivity contribution in [3.63, 3.8) is 0 Å². The lowest BCUT2D eigenvalue weighted by Gasteiger charge is -2.38. The number of hydrogen-bond donors (Lipinski definition) is 1. The highest BCUT2D eigenvalue weighted by molar-refractivity contribution is 6.30. The van der Waals surface area contributed by atoms with Crippen LogP contribution >= 0.6 is 36.4 Å². The van der Waals surface area contributed by atoms with Gasteiger partial charge in [-0.05, 0) is 80.9 Å². The predicted octanol–water partition coefficient (Wildman–Crippen LogP) is 6.22. The van der Waals surface area contributed by atoms with Crippen molar-refractivity contribution < 1.29 is 9.59 Å². The lowest BCUT2D eigenvalue weighted by atomic mass is 9.77. The van der Waals surface area contributed by atoms with Gasteiger partial charge < -0.3 is 15.1 Å². The number of hydrogen-bond acceptors (Lipinski definition) is 4. The van der Waals surface area contributed by atoms with Crippen LogP contribution in [-0.4, -0.2) is 52.8 Å². The molecule has 0 bridgehead atoms. The molecule has 3 fully saturated rings. The van der Waals surface area contributed by atoms with Gasteiger partial charge in [-0.2, -0.15) is 0 Å². The zero-order valence-electron chi connectivity index (χ0n) is 22.5. The van der Waals surface area contributed by atoms with Gasteiger partial charge in [-0.3, -0.25) is 14.6 Å². The molecule has 1 aromatic carbocycles. The van der Waals surface area contributed by atoms with Gasteiger partial charge in [0.1, 0.15) is 0 Å². The lowest BCUT2D eigenvalue weighted by Crippen LogP contribution is -2.45.